The van der Waals surface area contributed by atoms with Crippen LogP contribution in [0.3, 0.4) is 0 Å². The molecule has 40 heavy (non-hydrogen) atoms. The molecule has 0 saturated carbocycles. The van der Waals surface area contributed by atoms with E-state index >= 15 is 0 Å². The molecule has 5 aromatic rings. The van der Waals surface area contributed by atoms with Gasteiger partial charge < -0.3 is 9.64 Å². The average Bonchev–Trinajstić information content (AvgIpc) is 3.57. The Labute approximate surface area is 234 Å². The van der Waals surface area contributed by atoms with Crippen LogP contribution in [0.25, 0.3) is 44.3 Å². The van der Waals surface area contributed by atoms with E-state index in [-0.39, 0.29) is 24.6 Å². The number of ether oxygens (including phenoxy) is 1. The van der Waals surface area contributed by atoms with Crippen LogP contribution in [0, 0.1) is 5.92 Å². The van der Waals surface area contributed by atoms with Crippen molar-refractivity contribution in [1.82, 2.24) is 30.3 Å². The van der Waals surface area contributed by atoms with Gasteiger partial charge >= 0.3 is 0 Å². The molecular weight excluding hydrogens is 500 g/mol. The maximum atomic E-state index is 12.9. The Morgan fingerprint density at radius 3 is 2.62 bits per heavy atom. The van der Waals surface area contributed by atoms with Crippen molar-refractivity contribution in [3.8, 4) is 28.4 Å². The number of nitrogens with one attached hydrogen (secondary N) is 2. The lowest BCUT2D eigenvalue weighted by molar-refractivity contribution is -0.139. The van der Waals surface area contributed by atoms with E-state index in [0.717, 1.165) is 63.6 Å². The minimum absolute atomic E-state index is 0.0484. The molecule has 0 bridgehead atoms. The van der Waals surface area contributed by atoms with Gasteiger partial charge in [0.2, 0.25) is 0 Å². The highest BCUT2D eigenvalue weighted by atomic mass is 16.5. The van der Waals surface area contributed by atoms with Crippen LogP contribution in [0.15, 0.2) is 54.6 Å². The molecule has 0 aliphatic carbocycles. The van der Waals surface area contributed by atoms with Crippen LogP contribution in [-0.4, -0.2) is 54.9 Å². The van der Waals surface area contributed by atoms with Gasteiger partial charge in [0.1, 0.15) is 17.3 Å². The molecule has 2 N–H and O–H groups in total. The Bertz CT molecular complexity index is 1660. The van der Waals surface area contributed by atoms with Crippen LogP contribution in [0.4, 0.5) is 0 Å². The summed E-state index contributed by atoms with van der Waals surface area (Å²) in [4.78, 5) is 19.6. The number of carbonyl (C=O) groups is 1. The average molecular weight is 537 g/mol. The molecule has 6 rings (SSSR count). The Kier molecular flexibility index (Phi) is 7.00. The van der Waals surface area contributed by atoms with Crippen molar-refractivity contribution < 1.29 is 9.53 Å². The highest BCUT2D eigenvalue weighted by Gasteiger charge is 2.29. The third-order valence-corrected chi connectivity index (χ3v) is 7.91. The van der Waals surface area contributed by atoms with Crippen molar-refractivity contribution in [3.05, 3.63) is 60.4 Å². The Morgan fingerprint density at radius 1 is 1.00 bits per heavy atom. The molecule has 1 saturated heterocycles. The predicted octanol–water partition coefficient (Wildman–Crippen LogP) is 6.54. The van der Waals surface area contributed by atoms with Gasteiger partial charge in [-0.2, -0.15) is 10.2 Å². The summed E-state index contributed by atoms with van der Waals surface area (Å²) in [6.45, 7) is 8.64. The lowest BCUT2D eigenvalue weighted by Gasteiger charge is -2.38. The first-order chi connectivity index (χ1) is 19.4. The number of piperidine rings is 1. The van der Waals surface area contributed by atoms with Crippen molar-refractivity contribution >= 4 is 27.6 Å². The number of amides is 1. The highest BCUT2D eigenvalue weighted by Crippen LogP contribution is 2.35. The fourth-order valence-corrected chi connectivity index (χ4v) is 5.95. The molecule has 0 radical (unpaired) electrons. The maximum absolute atomic E-state index is 12.9. The van der Waals surface area contributed by atoms with Crippen molar-refractivity contribution in [3.63, 3.8) is 0 Å². The Balaban J connectivity index is 1.27. The quantitative estimate of drug-likeness (QED) is 0.246. The van der Waals surface area contributed by atoms with E-state index in [9.17, 15) is 4.79 Å². The Morgan fingerprint density at radius 2 is 1.82 bits per heavy atom. The number of nitrogens with zero attached hydrogens (tertiary/aromatic N) is 4. The highest BCUT2D eigenvalue weighted by molar-refractivity contribution is 6.04. The SMILES string of the molecule is CC(C)Cc1nc(-c2ccc3[nH]nc(-c4cccc5cc(OCC(=O)N6[C@H](C)CCC[C@@H]6C)ccc45)c3c2)n[nH]1. The predicted molar refractivity (Wildman–Crippen MR) is 158 cm³/mol. The second kappa shape index (κ2) is 10.8. The van der Waals surface area contributed by atoms with Crippen molar-refractivity contribution in [2.45, 2.75) is 65.5 Å². The minimum Gasteiger partial charge on any atom is -0.484 e. The van der Waals surface area contributed by atoms with Gasteiger partial charge in [-0.3, -0.25) is 15.0 Å². The van der Waals surface area contributed by atoms with Crippen molar-refractivity contribution in [2.75, 3.05) is 6.61 Å². The van der Waals surface area contributed by atoms with E-state index < -0.39 is 0 Å². The number of likely N-dealkylation sites (tertiary alicyclic amines) is 1. The summed E-state index contributed by atoms with van der Waals surface area (Å²) in [6, 6.07) is 18.8. The number of benzene rings is 3. The zero-order valence-corrected chi connectivity index (χ0v) is 23.6. The van der Waals surface area contributed by atoms with E-state index in [1.54, 1.807) is 0 Å². The van der Waals surface area contributed by atoms with Gasteiger partial charge in [0.25, 0.3) is 5.91 Å². The van der Waals surface area contributed by atoms with E-state index in [1.807, 2.05) is 35.2 Å². The Hall–Kier alpha value is -4.20. The minimum atomic E-state index is 0.0484. The topological polar surface area (TPSA) is 99.8 Å². The molecule has 8 heteroatoms. The number of fused-ring (bicyclic) bond motifs is 2. The molecule has 1 aliphatic rings. The van der Waals surface area contributed by atoms with Crippen molar-refractivity contribution in [1.29, 1.82) is 0 Å². The molecule has 1 fully saturated rings. The lowest BCUT2D eigenvalue weighted by atomic mass is 9.97. The van der Waals surface area contributed by atoms with Gasteiger partial charge in [-0.25, -0.2) is 4.98 Å². The van der Waals surface area contributed by atoms with Crippen LogP contribution in [0.2, 0.25) is 0 Å². The zero-order chi connectivity index (χ0) is 27.8. The molecule has 8 nitrogen and oxygen atoms in total. The first-order valence-corrected chi connectivity index (χ1v) is 14.2. The van der Waals surface area contributed by atoms with Crippen LogP contribution in [0.5, 0.6) is 5.75 Å². The van der Waals surface area contributed by atoms with Gasteiger partial charge in [-0.1, -0.05) is 38.1 Å². The zero-order valence-electron chi connectivity index (χ0n) is 23.6. The van der Waals surface area contributed by atoms with E-state index in [0.29, 0.717) is 17.5 Å². The third kappa shape index (κ3) is 5.06. The second-order valence-corrected chi connectivity index (χ2v) is 11.4. The summed E-state index contributed by atoms with van der Waals surface area (Å²) in [7, 11) is 0. The maximum Gasteiger partial charge on any atom is 0.260 e. The number of aromatic nitrogens is 5. The summed E-state index contributed by atoms with van der Waals surface area (Å²) in [5.74, 6) is 2.82. The molecule has 2 aromatic heterocycles. The van der Waals surface area contributed by atoms with E-state index in [1.165, 1.54) is 6.42 Å². The summed E-state index contributed by atoms with van der Waals surface area (Å²) < 4.78 is 5.99. The van der Waals surface area contributed by atoms with E-state index in [4.69, 9.17) is 9.72 Å². The van der Waals surface area contributed by atoms with Gasteiger partial charge in [0.05, 0.1) is 5.52 Å². The van der Waals surface area contributed by atoms with Gasteiger partial charge in [-0.05, 0) is 80.1 Å². The summed E-state index contributed by atoms with van der Waals surface area (Å²) >= 11 is 0. The third-order valence-electron chi connectivity index (χ3n) is 7.91. The molecule has 206 valence electrons. The first kappa shape index (κ1) is 26.0. The summed E-state index contributed by atoms with van der Waals surface area (Å²) in [5, 5.41) is 18.5. The molecule has 1 aliphatic heterocycles. The molecule has 0 spiro atoms. The van der Waals surface area contributed by atoms with Crippen LogP contribution >= 0.6 is 0 Å². The van der Waals surface area contributed by atoms with Crippen LogP contribution in [0.1, 0.15) is 52.8 Å². The number of hydrogen-bond acceptors (Lipinski definition) is 5. The first-order valence-electron chi connectivity index (χ1n) is 14.2. The lowest BCUT2D eigenvalue weighted by Crippen LogP contribution is -2.49. The summed E-state index contributed by atoms with van der Waals surface area (Å²) in [6.07, 6.45) is 4.13. The number of rotatable bonds is 7. The van der Waals surface area contributed by atoms with Crippen LogP contribution < -0.4 is 4.74 Å². The molecule has 1 amide bonds. The van der Waals surface area contributed by atoms with Gasteiger partial charge in [-0.15, -0.1) is 0 Å². The summed E-state index contributed by atoms with van der Waals surface area (Å²) in [5.41, 5.74) is 3.79. The normalized spacial score (nSPS) is 17.7. The van der Waals surface area contributed by atoms with E-state index in [2.05, 4.69) is 72.4 Å². The standard InChI is InChI=1S/C32H36N6O2/c1-19(2)15-29-33-32(37-35-29)23-11-14-28-27(17-23)31(36-34-28)26-10-6-9-22-16-24(12-13-25(22)26)40-18-30(39)38-20(3)7-5-8-21(38)4/h6,9-14,16-17,19-21H,5,7-8,15,18H2,1-4H3,(H,34,36)(H,33,35,37)/t20-,21+. The molecule has 3 heterocycles. The second-order valence-electron chi connectivity index (χ2n) is 11.4. The van der Waals surface area contributed by atoms with Gasteiger partial charge in [0.15, 0.2) is 12.4 Å². The fourth-order valence-electron chi connectivity index (χ4n) is 5.95. The smallest absolute Gasteiger partial charge is 0.260 e. The molecule has 3 aromatic carbocycles. The monoisotopic (exact) mass is 536 g/mol. The molecule has 0 unspecified atom stereocenters. The van der Waals surface area contributed by atoms with Crippen LogP contribution in [-0.2, 0) is 11.2 Å². The number of aromatic amines is 2. The number of hydrogen-bond donors (Lipinski definition) is 2. The largest absolute Gasteiger partial charge is 0.484 e. The number of carbonyl (C=O) groups excluding carboxylic acids is 1. The van der Waals surface area contributed by atoms with Gasteiger partial charge in [0, 0.05) is 35.0 Å². The molecule has 2 atom stereocenters. The van der Waals surface area contributed by atoms with Crippen molar-refractivity contribution in [2.24, 2.45) is 5.92 Å². The number of H-pyrrole nitrogens is 2. The fraction of sp³-hybridized carbons (Fsp3) is 0.375. The molecular formula is C32H36N6O2.